The van der Waals surface area contributed by atoms with Crippen LogP contribution in [0.15, 0.2) is 28.2 Å². The number of nitrogens with zero attached hydrogens (tertiary/aromatic N) is 4. The van der Waals surface area contributed by atoms with Gasteiger partial charge in [0, 0.05) is 19.1 Å². The van der Waals surface area contributed by atoms with Crippen LogP contribution < -0.4 is 21.3 Å². The summed E-state index contributed by atoms with van der Waals surface area (Å²) < 4.78 is 0. The molecule has 7 heteroatoms. The molecule has 124 valence electrons. The van der Waals surface area contributed by atoms with Gasteiger partial charge in [-0.25, -0.2) is 4.99 Å². The highest BCUT2D eigenvalue weighted by atomic mass is 35.5. The molecule has 1 saturated carbocycles. The van der Waals surface area contributed by atoms with Crippen LogP contribution in [0.2, 0.25) is 5.02 Å². The summed E-state index contributed by atoms with van der Waals surface area (Å²) in [4.78, 5) is 13.0. The molecule has 6 nitrogen and oxygen atoms in total. The third kappa shape index (κ3) is 2.83. The summed E-state index contributed by atoms with van der Waals surface area (Å²) in [5, 5.41) is 0.659. The molecule has 0 saturated heterocycles. The van der Waals surface area contributed by atoms with Crippen molar-refractivity contribution in [3.63, 3.8) is 0 Å². The van der Waals surface area contributed by atoms with Crippen molar-refractivity contribution in [1.29, 1.82) is 0 Å². The lowest BCUT2D eigenvalue weighted by atomic mass is 9.87. The Morgan fingerprint density at radius 2 is 1.87 bits per heavy atom. The number of benzene rings is 1. The van der Waals surface area contributed by atoms with E-state index in [-0.39, 0.29) is 5.96 Å². The first-order chi connectivity index (χ1) is 10.9. The Kier molecular flexibility index (Phi) is 4.10. The second kappa shape index (κ2) is 5.92. The topological polar surface area (TPSA) is 83.2 Å². The van der Waals surface area contributed by atoms with E-state index in [9.17, 15) is 0 Å². The van der Waals surface area contributed by atoms with Crippen molar-refractivity contribution in [2.75, 3.05) is 23.9 Å². The van der Waals surface area contributed by atoms with Gasteiger partial charge in [0.15, 0.2) is 0 Å². The number of nitrogens with two attached hydrogens (primary N) is 2. The molecular formula is C16H23ClN6. The average Bonchev–Trinajstić information content (AvgIpc) is 2.46. The molecule has 4 N–H and O–H groups in total. The van der Waals surface area contributed by atoms with E-state index in [0.717, 1.165) is 37.1 Å². The minimum atomic E-state index is -0.455. The average molecular weight is 335 g/mol. The predicted octanol–water partition coefficient (Wildman–Crippen LogP) is 2.52. The smallest absolute Gasteiger partial charge is 0.220 e. The second-order valence-corrected chi connectivity index (χ2v) is 6.78. The van der Waals surface area contributed by atoms with Crippen molar-refractivity contribution in [3.8, 4) is 0 Å². The maximum atomic E-state index is 6.28. The summed E-state index contributed by atoms with van der Waals surface area (Å²) in [7, 11) is 3.99. The van der Waals surface area contributed by atoms with Gasteiger partial charge in [-0.15, -0.1) is 0 Å². The summed E-state index contributed by atoms with van der Waals surface area (Å²) in [6.45, 7) is 0. The van der Waals surface area contributed by atoms with Crippen molar-refractivity contribution in [3.05, 3.63) is 23.2 Å². The molecule has 3 rings (SSSR count). The van der Waals surface area contributed by atoms with Crippen LogP contribution in [0.25, 0.3) is 0 Å². The lowest BCUT2D eigenvalue weighted by Crippen LogP contribution is -2.58. The van der Waals surface area contributed by atoms with Gasteiger partial charge in [0.2, 0.25) is 11.9 Å². The second-order valence-electron chi connectivity index (χ2n) is 6.35. The van der Waals surface area contributed by atoms with Gasteiger partial charge in [0.05, 0.1) is 11.4 Å². The standard InChI is InChI=1S/C16H23ClN6/c1-22(2)12-7-6-11(17)10-13(12)23-15(19)20-14(18)21-16(23)8-4-3-5-9-16/h6-7,10H,3-5,8-9H2,1-2H3,(H4,18,19,20,21). The highest BCUT2D eigenvalue weighted by Gasteiger charge is 2.43. The van der Waals surface area contributed by atoms with E-state index in [1.807, 2.05) is 42.1 Å². The molecule has 0 unspecified atom stereocenters. The zero-order valence-corrected chi connectivity index (χ0v) is 14.3. The van der Waals surface area contributed by atoms with Gasteiger partial charge in [0.1, 0.15) is 5.66 Å². The van der Waals surface area contributed by atoms with Crippen molar-refractivity contribution < 1.29 is 0 Å². The van der Waals surface area contributed by atoms with Crippen LogP contribution in [-0.4, -0.2) is 31.7 Å². The number of hydrogen-bond acceptors (Lipinski definition) is 6. The molecule has 1 aliphatic carbocycles. The molecule has 0 atom stereocenters. The van der Waals surface area contributed by atoms with E-state index in [1.165, 1.54) is 6.42 Å². The first-order valence-electron chi connectivity index (χ1n) is 7.89. The van der Waals surface area contributed by atoms with E-state index >= 15 is 0 Å². The zero-order valence-electron chi connectivity index (χ0n) is 13.6. The van der Waals surface area contributed by atoms with Crippen molar-refractivity contribution in [2.45, 2.75) is 37.8 Å². The van der Waals surface area contributed by atoms with Gasteiger partial charge in [0.25, 0.3) is 0 Å². The Hall–Kier alpha value is -1.95. The summed E-state index contributed by atoms with van der Waals surface area (Å²) in [5.74, 6) is 0.638. The van der Waals surface area contributed by atoms with Crippen LogP contribution in [0.1, 0.15) is 32.1 Å². The molecule has 1 spiro atoms. The predicted molar refractivity (Wildman–Crippen MR) is 97.3 cm³/mol. The monoisotopic (exact) mass is 334 g/mol. The van der Waals surface area contributed by atoms with Gasteiger partial charge in [-0.2, -0.15) is 4.99 Å². The molecule has 1 aliphatic heterocycles. The molecule has 2 aliphatic rings. The van der Waals surface area contributed by atoms with E-state index < -0.39 is 5.66 Å². The fraction of sp³-hybridized carbons (Fsp3) is 0.500. The van der Waals surface area contributed by atoms with Crippen molar-refractivity contribution >= 4 is 34.9 Å². The van der Waals surface area contributed by atoms with Crippen LogP contribution in [0.4, 0.5) is 11.4 Å². The largest absolute Gasteiger partial charge is 0.376 e. The van der Waals surface area contributed by atoms with Crippen LogP contribution >= 0.6 is 11.6 Å². The van der Waals surface area contributed by atoms with Crippen LogP contribution in [0.3, 0.4) is 0 Å². The highest BCUT2D eigenvalue weighted by molar-refractivity contribution is 6.31. The third-order valence-corrected chi connectivity index (χ3v) is 4.75. The third-order valence-electron chi connectivity index (χ3n) is 4.51. The Balaban J connectivity index is 2.16. The highest BCUT2D eigenvalue weighted by Crippen LogP contribution is 2.43. The van der Waals surface area contributed by atoms with E-state index in [4.69, 9.17) is 28.1 Å². The summed E-state index contributed by atoms with van der Waals surface area (Å²) in [5.41, 5.74) is 13.7. The number of halogens is 1. The molecule has 1 fully saturated rings. The van der Waals surface area contributed by atoms with E-state index in [0.29, 0.717) is 11.0 Å². The minimum Gasteiger partial charge on any atom is -0.376 e. The lowest BCUT2D eigenvalue weighted by Gasteiger charge is -2.46. The fourth-order valence-electron chi connectivity index (χ4n) is 3.52. The zero-order chi connectivity index (χ0) is 16.6. The molecule has 0 aromatic heterocycles. The molecule has 0 amide bonds. The van der Waals surface area contributed by atoms with Gasteiger partial charge in [-0.1, -0.05) is 18.0 Å². The quantitative estimate of drug-likeness (QED) is 0.870. The molecule has 0 bridgehead atoms. The van der Waals surface area contributed by atoms with E-state index in [1.54, 1.807) is 0 Å². The Morgan fingerprint density at radius 3 is 2.52 bits per heavy atom. The molecule has 23 heavy (non-hydrogen) atoms. The molecule has 1 heterocycles. The number of anilines is 2. The molecular weight excluding hydrogens is 312 g/mol. The lowest BCUT2D eigenvalue weighted by molar-refractivity contribution is 0.305. The van der Waals surface area contributed by atoms with Crippen molar-refractivity contribution in [2.24, 2.45) is 21.5 Å². The summed E-state index contributed by atoms with van der Waals surface area (Å²) in [6.07, 6.45) is 5.21. The molecule has 1 aromatic rings. The number of guanidine groups is 2. The Morgan fingerprint density at radius 1 is 1.17 bits per heavy atom. The Bertz CT molecular complexity index is 661. The van der Waals surface area contributed by atoms with E-state index in [2.05, 4.69) is 4.99 Å². The van der Waals surface area contributed by atoms with Crippen LogP contribution in [0.5, 0.6) is 0 Å². The minimum absolute atomic E-state index is 0.258. The normalized spacial score (nSPS) is 20.2. The number of rotatable bonds is 2. The van der Waals surface area contributed by atoms with Crippen LogP contribution in [-0.2, 0) is 0 Å². The number of hydrogen-bond donors (Lipinski definition) is 2. The first kappa shape index (κ1) is 15.9. The SMILES string of the molecule is CN(C)c1ccc(Cl)cc1N1C(N)=NC(N)=NC12CCCCC2. The van der Waals surface area contributed by atoms with Gasteiger partial charge < -0.3 is 16.4 Å². The van der Waals surface area contributed by atoms with Gasteiger partial charge in [-0.3, -0.25) is 4.90 Å². The summed E-state index contributed by atoms with van der Waals surface area (Å²) in [6, 6.07) is 5.79. The summed E-state index contributed by atoms with van der Waals surface area (Å²) >= 11 is 6.26. The first-order valence-corrected chi connectivity index (χ1v) is 8.27. The maximum Gasteiger partial charge on any atom is 0.220 e. The molecule has 1 aromatic carbocycles. The Labute approximate surface area is 141 Å². The fourth-order valence-corrected chi connectivity index (χ4v) is 3.69. The van der Waals surface area contributed by atoms with Crippen LogP contribution in [0, 0.1) is 0 Å². The van der Waals surface area contributed by atoms with Gasteiger partial charge in [-0.05, 0) is 43.9 Å². The maximum absolute atomic E-state index is 6.28. The van der Waals surface area contributed by atoms with Crippen molar-refractivity contribution in [1.82, 2.24) is 0 Å². The molecule has 0 radical (unpaired) electrons. The number of aliphatic imine (C=N–C) groups is 2. The van der Waals surface area contributed by atoms with Gasteiger partial charge >= 0.3 is 0 Å².